The van der Waals surface area contributed by atoms with E-state index in [0.717, 1.165) is 6.42 Å². The number of hydrogen-bond donors (Lipinski definition) is 1. The first kappa shape index (κ1) is 10.2. The van der Waals surface area contributed by atoms with Crippen LogP contribution in [0.25, 0.3) is 0 Å². The predicted octanol–water partition coefficient (Wildman–Crippen LogP) is 1.44. The molecule has 1 aromatic rings. The van der Waals surface area contributed by atoms with Gasteiger partial charge in [0.05, 0.1) is 18.2 Å². The van der Waals surface area contributed by atoms with Crippen molar-refractivity contribution in [1.29, 1.82) is 0 Å². The summed E-state index contributed by atoms with van der Waals surface area (Å²) in [5.41, 5.74) is 0.518. The van der Waals surface area contributed by atoms with Gasteiger partial charge in [-0.15, -0.1) is 0 Å². The van der Waals surface area contributed by atoms with Gasteiger partial charge in [0, 0.05) is 6.61 Å². The minimum atomic E-state index is -1.05. The van der Waals surface area contributed by atoms with Crippen LogP contribution >= 0.6 is 0 Å². The lowest BCUT2D eigenvalue weighted by atomic mass is 10.1. The van der Waals surface area contributed by atoms with Gasteiger partial charge < -0.3 is 14.3 Å². The lowest BCUT2D eigenvalue weighted by molar-refractivity contribution is 0.0657. The number of carboxylic acids is 1. The Bertz CT molecular complexity index is 365. The molecule has 0 aromatic carbocycles. The van der Waals surface area contributed by atoms with Crippen molar-refractivity contribution in [2.24, 2.45) is 0 Å². The molecule has 1 atom stereocenters. The number of ether oxygens (including phenoxy) is 1. The monoisotopic (exact) mass is 211 g/mol. The van der Waals surface area contributed by atoms with Gasteiger partial charge in [0.15, 0.2) is 0 Å². The molecule has 2 heterocycles. The van der Waals surface area contributed by atoms with Gasteiger partial charge in [0.1, 0.15) is 0 Å². The number of aromatic nitrogens is 1. The summed E-state index contributed by atoms with van der Waals surface area (Å²) in [6.07, 6.45) is 1.42. The fraction of sp³-hybridized carbons (Fsp3) is 0.600. The third-order valence-corrected chi connectivity index (χ3v) is 2.52. The summed E-state index contributed by atoms with van der Waals surface area (Å²) in [6.45, 7) is 3.12. The molecule has 2 rings (SSSR count). The molecular weight excluding hydrogens is 198 g/mol. The average Bonchev–Trinajstić information content (AvgIpc) is 2.86. The maximum atomic E-state index is 10.8. The molecule has 1 N–H and O–H groups in total. The van der Waals surface area contributed by atoms with Crippen molar-refractivity contribution in [2.75, 3.05) is 13.2 Å². The second-order valence-corrected chi connectivity index (χ2v) is 3.55. The molecule has 1 aliphatic heterocycles. The number of aryl methyl sites for hydroxylation is 1. The summed E-state index contributed by atoms with van der Waals surface area (Å²) in [6, 6.07) is 0. The second kappa shape index (κ2) is 4.02. The molecule has 1 unspecified atom stereocenters. The highest BCUT2D eigenvalue weighted by atomic mass is 16.5. The summed E-state index contributed by atoms with van der Waals surface area (Å²) in [7, 11) is 0. The minimum absolute atomic E-state index is 0.0283. The van der Waals surface area contributed by atoms with Crippen LogP contribution in [0, 0.1) is 0 Å². The van der Waals surface area contributed by atoms with Crippen molar-refractivity contribution in [3.05, 3.63) is 17.3 Å². The number of carbonyl (C=O) groups is 1. The maximum absolute atomic E-state index is 10.8. The zero-order valence-electron chi connectivity index (χ0n) is 8.52. The van der Waals surface area contributed by atoms with Gasteiger partial charge >= 0.3 is 5.97 Å². The van der Waals surface area contributed by atoms with Crippen LogP contribution in [0.1, 0.15) is 41.4 Å². The molecule has 82 valence electrons. The van der Waals surface area contributed by atoms with Crippen LogP contribution < -0.4 is 0 Å². The molecule has 0 radical (unpaired) electrons. The van der Waals surface area contributed by atoms with Gasteiger partial charge in [-0.1, -0.05) is 6.92 Å². The van der Waals surface area contributed by atoms with E-state index in [9.17, 15) is 4.79 Å². The van der Waals surface area contributed by atoms with Crippen LogP contribution in [0.15, 0.2) is 4.42 Å². The number of aromatic carboxylic acids is 1. The average molecular weight is 211 g/mol. The summed E-state index contributed by atoms with van der Waals surface area (Å²) in [4.78, 5) is 15.0. The summed E-state index contributed by atoms with van der Waals surface area (Å²) >= 11 is 0. The van der Waals surface area contributed by atoms with E-state index in [-0.39, 0.29) is 11.7 Å². The van der Waals surface area contributed by atoms with Gasteiger partial charge in [-0.3, -0.25) is 0 Å². The molecule has 0 bridgehead atoms. The minimum Gasteiger partial charge on any atom is -0.475 e. The van der Waals surface area contributed by atoms with Crippen LogP contribution in [-0.4, -0.2) is 29.3 Å². The van der Waals surface area contributed by atoms with E-state index < -0.39 is 5.97 Å². The molecule has 0 amide bonds. The highest BCUT2D eigenvalue weighted by Crippen LogP contribution is 2.26. The Morgan fingerprint density at radius 1 is 1.67 bits per heavy atom. The van der Waals surface area contributed by atoms with Crippen molar-refractivity contribution in [3.8, 4) is 0 Å². The highest BCUT2D eigenvalue weighted by Gasteiger charge is 2.26. The second-order valence-electron chi connectivity index (χ2n) is 3.55. The fourth-order valence-corrected chi connectivity index (χ4v) is 1.68. The number of nitrogens with zero attached hydrogens (tertiary/aromatic N) is 1. The van der Waals surface area contributed by atoms with Gasteiger partial charge in [-0.05, 0) is 12.8 Å². The Labute approximate surface area is 87.1 Å². The van der Waals surface area contributed by atoms with E-state index in [2.05, 4.69) is 4.98 Å². The van der Waals surface area contributed by atoms with Crippen LogP contribution in [0.4, 0.5) is 0 Å². The first-order chi connectivity index (χ1) is 7.22. The van der Waals surface area contributed by atoms with E-state index in [1.807, 2.05) is 6.92 Å². The maximum Gasteiger partial charge on any atom is 0.373 e. The van der Waals surface area contributed by atoms with E-state index in [1.165, 1.54) is 0 Å². The van der Waals surface area contributed by atoms with E-state index in [1.54, 1.807) is 0 Å². The fourth-order valence-electron chi connectivity index (χ4n) is 1.68. The van der Waals surface area contributed by atoms with Gasteiger partial charge in [-0.25, -0.2) is 9.78 Å². The SMILES string of the molecule is CCc1nc(C2CCOC2)oc1C(=O)O. The Hall–Kier alpha value is -1.36. The Morgan fingerprint density at radius 3 is 2.93 bits per heavy atom. The quantitative estimate of drug-likeness (QED) is 0.818. The van der Waals surface area contributed by atoms with Crippen molar-refractivity contribution in [3.63, 3.8) is 0 Å². The van der Waals surface area contributed by atoms with Gasteiger partial charge in [-0.2, -0.15) is 0 Å². The third-order valence-electron chi connectivity index (χ3n) is 2.52. The predicted molar refractivity (Wildman–Crippen MR) is 51.0 cm³/mol. The van der Waals surface area contributed by atoms with Gasteiger partial charge in [0.2, 0.25) is 11.7 Å². The lowest BCUT2D eigenvalue weighted by Gasteiger charge is -1.99. The molecule has 1 saturated heterocycles. The van der Waals surface area contributed by atoms with Crippen LogP contribution in [-0.2, 0) is 11.2 Å². The molecule has 1 fully saturated rings. The number of hydrogen-bond acceptors (Lipinski definition) is 4. The Balaban J connectivity index is 2.29. The van der Waals surface area contributed by atoms with Crippen molar-refractivity contribution in [2.45, 2.75) is 25.7 Å². The number of rotatable bonds is 3. The molecular formula is C10H13NO4. The molecule has 1 aliphatic rings. The Morgan fingerprint density at radius 2 is 2.47 bits per heavy atom. The molecule has 0 aliphatic carbocycles. The topological polar surface area (TPSA) is 72.6 Å². The van der Waals surface area contributed by atoms with E-state index in [4.69, 9.17) is 14.3 Å². The first-order valence-corrected chi connectivity index (χ1v) is 5.03. The highest BCUT2D eigenvalue weighted by molar-refractivity contribution is 5.85. The van der Waals surface area contributed by atoms with Crippen LogP contribution in [0.5, 0.6) is 0 Å². The molecule has 5 nitrogen and oxygen atoms in total. The zero-order chi connectivity index (χ0) is 10.8. The first-order valence-electron chi connectivity index (χ1n) is 5.03. The smallest absolute Gasteiger partial charge is 0.373 e. The van der Waals surface area contributed by atoms with Crippen LogP contribution in [0.2, 0.25) is 0 Å². The molecule has 15 heavy (non-hydrogen) atoms. The van der Waals surface area contributed by atoms with Crippen molar-refractivity contribution in [1.82, 2.24) is 4.98 Å². The van der Waals surface area contributed by atoms with Crippen molar-refractivity contribution >= 4 is 5.97 Å². The number of carboxylic acid groups (broad SMARTS) is 1. The van der Waals surface area contributed by atoms with E-state index >= 15 is 0 Å². The van der Waals surface area contributed by atoms with Gasteiger partial charge in [0.25, 0.3) is 0 Å². The van der Waals surface area contributed by atoms with Crippen LogP contribution in [0.3, 0.4) is 0 Å². The zero-order valence-corrected chi connectivity index (χ0v) is 8.52. The largest absolute Gasteiger partial charge is 0.475 e. The summed E-state index contributed by atoms with van der Waals surface area (Å²) < 4.78 is 10.5. The molecule has 1 aromatic heterocycles. The molecule has 0 spiro atoms. The Kier molecular flexibility index (Phi) is 2.73. The normalized spacial score (nSPS) is 20.7. The molecule has 0 saturated carbocycles. The third kappa shape index (κ3) is 1.87. The van der Waals surface area contributed by atoms with Crippen molar-refractivity contribution < 1.29 is 19.1 Å². The lowest BCUT2D eigenvalue weighted by Crippen LogP contribution is -1.98. The summed E-state index contributed by atoms with van der Waals surface area (Å²) in [5.74, 6) is -0.464. The molecule has 5 heteroatoms. The summed E-state index contributed by atoms with van der Waals surface area (Å²) in [5, 5.41) is 8.89. The van der Waals surface area contributed by atoms with E-state index in [0.29, 0.717) is 31.2 Å². The standard InChI is InChI=1S/C10H13NO4/c1-2-7-8(10(12)13)15-9(11-7)6-3-4-14-5-6/h6H,2-5H2,1H3,(H,12,13). The number of oxazole rings is 1.